The van der Waals surface area contributed by atoms with Crippen LogP contribution in [0.1, 0.15) is 31.6 Å². The SMILES string of the molecule is CC(C)(C(=O)NCCc1cccs1)C1CCOCC1. The van der Waals surface area contributed by atoms with Crippen LogP contribution in [-0.4, -0.2) is 25.7 Å². The van der Waals surface area contributed by atoms with Crippen LogP contribution in [0.4, 0.5) is 0 Å². The third-order valence-corrected chi connectivity index (χ3v) is 5.00. The second-order valence-electron chi connectivity index (χ2n) is 5.69. The summed E-state index contributed by atoms with van der Waals surface area (Å²) >= 11 is 1.74. The molecule has 1 aromatic heterocycles. The Bertz CT molecular complexity index is 394. The van der Waals surface area contributed by atoms with Gasteiger partial charge in [-0.2, -0.15) is 0 Å². The molecule has 0 unspecified atom stereocenters. The average molecular weight is 281 g/mol. The molecule has 0 atom stereocenters. The monoisotopic (exact) mass is 281 g/mol. The number of carbonyl (C=O) groups excluding carboxylic acids is 1. The van der Waals surface area contributed by atoms with Crippen LogP contribution in [0, 0.1) is 11.3 Å². The van der Waals surface area contributed by atoms with Crippen LogP contribution in [0.3, 0.4) is 0 Å². The largest absolute Gasteiger partial charge is 0.381 e. The van der Waals surface area contributed by atoms with Gasteiger partial charge >= 0.3 is 0 Å². The minimum Gasteiger partial charge on any atom is -0.381 e. The lowest BCUT2D eigenvalue weighted by atomic mass is 9.74. The topological polar surface area (TPSA) is 38.3 Å². The van der Waals surface area contributed by atoms with Crippen molar-refractivity contribution in [2.45, 2.75) is 33.1 Å². The summed E-state index contributed by atoms with van der Waals surface area (Å²) in [5.74, 6) is 0.610. The molecule has 19 heavy (non-hydrogen) atoms. The average Bonchev–Trinajstić information content (AvgIpc) is 2.93. The standard InChI is InChI=1S/C15H23NO2S/c1-15(2,12-6-9-18-10-7-12)14(17)16-8-5-13-4-3-11-19-13/h3-4,11-12H,5-10H2,1-2H3,(H,16,17). The molecule has 2 heterocycles. The fraction of sp³-hybridized carbons (Fsp3) is 0.667. The molecule has 1 aromatic rings. The summed E-state index contributed by atoms with van der Waals surface area (Å²) in [5.41, 5.74) is -0.292. The highest BCUT2D eigenvalue weighted by Crippen LogP contribution is 2.34. The summed E-state index contributed by atoms with van der Waals surface area (Å²) in [7, 11) is 0. The lowest BCUT2D eigenvalue weighted by molar-refractivity contribution is -0.134. The van der Waals surface area contributed by atoms with Crippen molar-refractivity contribution in [2.24, 2.45) is 11.3 Å². The molecule has 1 saturated heterocycles. The van der Waals surface area contributed by atoms with Crippen molar-refractivity contribution in [2.75, 3.05) is 19.8 Å². The van der Waals surface area contributed by atoms with Gasteiger partial charge in [0, 0.05) is 30.1 Å². The maximum absolute atomic E-state index is 12.3. The zero-order valence-electron chi connectivity index (χ0n) is 11.8. The van der Waals surface area contributed by atoms with E-state index in [1.165, 1.54) is 4.88 Å². The molecule has 1 aliphatic rings. The van der Waals surface area contributed by atoms with Crippen molar-refractivity contribution in [1.29, 1.82) is 0 Å². The predicted octanol–water partition coefficient (Wildman–Crippen LogP) is 2.86. The quantitative estimate of drug-likeness (QED) is 0.901. The number of ether oxygens (including phenoxy) is 1. The molecule has 0 aromatic carbocycles. The maximum Gasteiger partial charge on any atom is 0.225 e. The third kappa shape index (κ3) is 3.80. The molecule has 0 aliphatic carbocycles. The Morgan fingerprint density at radius 1 is 1.47 bits per heavy atom. The Morgan fingerprint density at radius 3 is 2.84 bits per heavy atom. The summed E-state index contributed by atoms with van der Waals surface area (Å²) in [6.45, 7) is 6.42. The zero-order chi connectivity index (χ0) is 13.7. The van der Waals surface area contributed by atoms with Gasteiger partial charge in [-0.3, -0.25) is 4.79 Å². The molecule has 1 fully saturated rings. The first-order valence-electron chi connectivity index (χ1n) is 6.99. The van der Waals surface area contributed by atoms with Crippen molar-refractivity contribution in [1.82, 2.24) is 5.32 Å². The van der Waals surface area contributed by atoms with Crippen LogP contribution in [-0.2, 0) is 16.0 Å². The molecule has 1 amide bonds. The van der Waals surface area contributed by atoms with Gasteiger partial charge in [-0.15, -0.1) is 11.3 Å². The van der Waals surface area contributed by atoms with Crippen LogP contribution in [0.2, 0.25) is 0 Å². The lowest BCUT2D eigenvalue weighted by Gasteiger charge is -2.35. The third-order valence-electron chi connectivity index (χ3n) is 4.06. The van der Waals surface area contributed by atoms with E-state index < -0.39 is 0 Å². The van der Waals surface area contributed by atoms with Crippen molar-refractivity contribution in [3.63, 3.8) is 0 Å². The zero-order valence-corrected chi connectivity index (χ0v) is 12.6. The van der Waals surface area contributed by atoms with Gasteiger partial charge in [0.15, 0.2) is 0 Å². The number of hydrogen-bond donors (Lipinski definition) is 1. The fourth-order valence-electron chi connectivity index (χ4n) is 2.59. The van der Waals surface area contributed by atoms with Gasteiger partial charge in [-0.1, -0.05) is 19.9 Å². The first-order chi connectivity index (χ1) is 9.10. The van der Waals surface area contributed by atoms with Crippen LogP contribution >= 0.6 is 11.3 Å². The highest BCUT2D eigenvalue weighted by atomic mass is 32.1. The minimum absolute atomic E-state index is 0.177. The van der Waals surface area contributed by atoms with E-state index in [4.69, 9.17) is 4.74 Å². The Morgan fingerprint density at radius 2 is 2.21 bits per heavy atom. The van der Waals surface area contributed by atoms with E-state index in [-0.39, 0.29) is 11.3 Å². The van der Waals surface area contributed by atoms with Crippen molar-refractivity contribution < 1.29 is 9.53 Å². The first kappa shape index (κ1) is 14.5. The highest BCUT2D eigenvalue weighted by molar-refractivity contribution is 7.09. The predicted molar refractivity (Wildman–Crippen MR) is 78.4 cm³/mol. The summed E-state index contributed by atoms with van der Waals surface area (Å²) in [4.78, 5) is 13.7. The smallest absolute Gasteiger partial charge is 0.225 e. The maximum atomic E-state index is 12.3. The summed E-state index contributed by atoms with van der Waals surface area (Å²) in [6.07, 6.45) is 2.91. The molecule has 0 radical (unpaired) electrons. The van der Waals surface area contributed by atoms with E-state index in [1.54, 1.807) is 11.3 Å². The second kappa shape index (κ2) is 6.53. The van der Waals surface area contributed by atoms with Gasteiger partial charge in [0.2, 0.25) is 5.91 Å². The Hall–Kier alpha value is -0.870. The Labute approximate surface area is 119 Å². The number of amides is 1. The van der Waals surface area contributed by atoms with E-state index >= 15 is 0 Å². The molecule has 106 valence electrons. The van der Waals surface area contributed by atoms with E-state index in [9.17, 15) is 4.79 Å². The van der Waals surface area contributed by atoms with E-state index in [1.807, 2.05) is 6.07 Å². The number of hydrogen-bond acceptors (Lipinski definition) is 3. The molecule has 4 heteroatoms. The van der Waals surface area contributed by atoms with Crippen LogP contribution < -0.4 is 5.32 Å². The van der Waals surface area contributed by atoms with Gasteiger partial charge < -0.3 is 10.1 Å². The molecule has 1 aliphatic heterocycles. The minimum atomic E-state index is -0.292. The summed E-state index contributed by atoms with van der Waals surface area (Å²) in [5, 5.41) is 5.16. The van der Waals surface area contributed by atoms with E-state index in [2.05, 4.69) is 30.6 Å². The van der Waals surface area contributed by atoms with Gasteiger partial charge in [0.25, 0.3) is 0 Å². The molecular formula is C15H23NO2S. The van der Waals surface area contributed by atoms with Gasteiger partial charge in [-0.25, -0.2) is 0 Å². The number of thiophene rings is 1. The molecule has 3 nitrogen and oxygen atoms in total. The summed E-state index contributed by atoms with van der Waals surface area (Å²) in [6, 6.07) is 4.16. The number of rotatable bonds is 5. The van der Waals surface area contributed by atoms with Gasteiger partial charge in [0.05, 0.1) is 0 Å². The highest BCUT2D eigenvalue weighted by Gasteiger charge is 2.37. The molecular weight excluding hydrogens is 258 g/mol. The Kier molecular flexibility index (Phi) is 4.99. The van der Waals surface area contributed by atoms with Crippen LogP contribution in [0.25, 0.3) is 0 Å². The lowest BCUT2D eigenvalue weighted by Crippen LogP contribution is -2.44. The van der Waals surface area contributed by atoms with Crippen molar-refractivity contribution in [3.05, 3.63) is 22.4 Å². The molecule has 0 saturated carbocycles. The van der Waals surface area contributed by atoms with Gasteiger partial charge in [-0.05, 0) is 36.6 Å². The van der Waals surface area contributed by atoms with Crippen molar-refractivity contribution in [3.8, 4) is 0 Å². The Balaban J connectivity index is 1.80. The number of nitrogens with one attached hydrogen (secondary N) is 1. The van der Waals surface area contributed by atoms with E-state index in [0.717, 1.165) is 39.0 Å². The molecule has 0 bridgehead atoms. The fourth-order valence-corrected chi connectivity index (χ4v) is 3.30. The normalized spacial score (nSPS) is 17.4. The van der Waals surface area contributed by atoms with Crippen LogP contribution in [0.15, 0.2) is 17.5 Å². The first-order valence-corrected chi connectivity index (χ1v) is 7.87. The summed E-state index contributed by atoms with van der Waals surface area (Å²) < 4.78 is 5.37. The van der Waals surface area contributed by atoms with Crippen LogP contribution in [0.5, 0.6) is 0 Å². The van der Waals surface area contributed by atoms with Crippen molar-refractivity contribution >= 4 is 17.2 Å². The molecule has 0 spiro atoms. The molecule has 1 N–H and O–H groups in total. The van der Waals surface area contributed by atoms with Gasteiger partial charge in [0.1, 0.15) is 0 Å². The van der Waals surface area contributed by atoms with E-state index in [0.29, 0.717) is 5.92 Å². The number of carbonyl (C=O) groups is 1. The second-order valence-corrected chi connectivity index (χ2v) is 6.73. The molecule has 2 rings (SSSR count).